The zero-order chi connectivity index (χ0) is 15.1. The van der Waals surface area contributed by atoms with Gasteiger partial charge in [-0.25, -0.2) is 9.97 Å². The van der Waals surface area contributed by atoms with Crippen LogP contribution < -0.4 is 10.1 Å². The largest absolute Gasteiger partial charge is 0.473 e. The highest BCUT2D eigenvalue weighted by Crippen LogP contribution is 2.29. The molecule has 0 aliphatic heterocycles. The fourth-order valence-electron chi connectivity index (χ4n) is 2.09. The van der Waals surface area contributed by atoms with E-state index in [4.69, 9.17) is 4.74 Å². The number of anilines is 1. The Morgan fingerprint density at radius 2 is 1.95 bits per heavy atom. The van der Waals surface area contributed by atoms with Crippen molar-refractivity contribution in [2.75, 3.05) is 19.0 Å². The van der Waals surface area contributed by atoms with E-state index in [1.807, 2.05) is 37.4 Å². The van der Waals surface area contributed by atoms with E-state index in [0.717, 1.165) is 16.9 Å². The van der Waals surface area contributed by atoms with Gasteiger partial charge in [0.25, 0.3) is 0 Å². The molecule has 0 saturated carbocycles. The third kappa shape index (κ3) is 4.05. The Labute approximate surface area is 125 Å². The summed E-state index contributed by atoms with van der Waals surface area (Å²) in [5.74, 6) is 1.76. The number of ether oxygens (including phenoxy) is 1. The number of rotatable bonds is 6. The lowest BCUT2D eigenvalue weighted by Crippen LogP contribution is -2.07. The Bertz CT molecular complexity index is 594. The average Bonchev–Trinajstić information content (AvgIpc) is 2.52. The Balaban J connectivity index is 2.05. The van der Waals surface area contributed by atoms with Crippen molar-refractivity contribution < 1.29 is 4.74 Å². The summed E-state index contributed by atoms with van der Waals surface area (Å²) in [5, 5.41) is 3.08. The zero-order valence-electron chi connectivity index (χ0n) is 12.7. The number of benzene rings is 1. The molecule has 110 valence electrons. The zero-order valence-corrected chi connectivity index (χ0v) is 12.7. The van der Waals surface area contributed by atoms with Crippen LogP contribution in [0, 0.1) is 0 Å². The maximum Gasteiger partial charge on any atom is 0.222 e. The smallest absolute Gasteiger partial charge is 0.222 e. The van der Waals surface area contributed by atoms with E-state index in [1.165, 1.54) is 6.33 Å². The third-order valence-electron chi connectivity index (χ3n) is 3.09. The highest BCUT2D eigenvalue weighted by molar-refractivity contribution is 5.51. The van der Waals surface area contributed by atoms with Crippen LogP contribution in [0.15, 0.2) is 42.7 Å². The first-order valence-electron chi connectivity index (χ1n) is 7.09. The molecule has 21 heavy (non-hydrogen) atoms. The molecule has 0 aliphatic rings. The van der Waals surface area contributed by atoms with E-state index >= 15 is 0 Å². The molecule has 2 aromatic rings. The number of nitrogens with one attached hydrogen (secondary N) is 1. The lowest BCUT2D eigenvalue weighted by atomic mass is 10.1. The molecule has 4 heteroatoms. The minimum Gasteiger partial charge on any atom is -0.473 e. The number of aromatic nitrogens is 2. The predicted octanol–water partition coefficient (Wildman–Crippen LogP) is 3.73. The van der Waals surface area contributed by atoms with Crippen LogP contribution in [0.2, 0.25) is 0 Å². The Kier molecular flexibility index (Phi) is 5.32. The summed E-state index contributed by atoms with van der Waals surface area (Å²) in [5.41, 5.74) is 2.16. The van der Waals surface area contributed by atoms with Crippen LogP contribution >= 0.6 is 0 Å². The van der Waals surface area contributed by atoms with Crippen molar-refractivity contribution in [2.45, 2.75) is 19.8 Å². The summed E-state index contributed by atoms with van der Waals surface area (Å²) in [6, 6.07) is 10.1. The van der Waals surface area contributed by atoms with Crippen LogP contribution in [0.3, 0.4) is 0 Å². The Morgan fingerprint density at radius 3 is 2.62 bits per heavy atom. The van der Waals surface area contributed by atoms with Crippen LogP contribution in [-0.4, -0.2) is 23.6 Å². The summed E-state index contributed by atoms with van der Waals surface area (Å²) < 4.78 is 5.78. The number of nitrogens with zero attached hydrogens (tertiary/aromatic N) is 2. The molecule has 1 aromatic heterocycles. The molecule has 0 amide bonds. The second-order valence-electron chi connectivity index (χ2n) is 4.97. The maximum absolute atomic E-state index is 5.78. The number of hydrogen-bond donors (Lipinski definition) is 1. The SMILES string of the molecule is CNc1ncnc(OC/C=C/c2ccccc2)c1C(C)C. The molecule has 4 nitrogen and oxygen atoms in total. The molecule has 1 N–H and O–H groups in total. The van der Waals surface area contributed by atoms with Gasteiger partial charge in [-0.05, 0) is 17.6 Å². The molecule has 0 spiro atoms. The van der Waals surface area contributed by atoms with Crippen molar-refractivity contribution in [3.05, 3.63) is 53.9 Å². The quantitative estimate of drug-likeness (QED) is 0.877. The van der Waals surface area contributed by atoms with E-state index in [1.54, 1.807) is 0 Å². The molecule has 0 unspecified atom stereocenters. The fourth-order valence-corrected chi connectivity index (χ4v) is 2.09. The van der Waals surface area contributed by atoms with Gasteiger partial charge in [-0.2, -0.15) is 0 Å². The monoisotopic (exact) mass is 283 g/mol. The molecule has 0 saturated heterocycles. The van der Waals surface area contributed by atoms with Crippen molar-refractivity contribution >= 4 is 11.9 Å². The normalized spacial score (nSPS) is 11.0. The third-order valence-corrected chi connectivity index (χ3v) is 3.09. The first kappa shape index (κ1) is 15.0. The second kappa shape index (κ2) is 7.43. The van der Waals surface area contributed by atoms with Gasteiger partial charge in [0.15, 0.2) is 0 Å². The fraction of sp³-hybridized carbons (Fsp3) is 0.294. The van der Waals surface area contributed by atoms with Gasteiger partial charge in [0.1, 0.15) is 18.8 Å². The van der Waals surface area contributed by atoms with Gasteiger partial charge in [-0.3, -0.25) is 0 Å². The predicted molar refractivity (Wildman–Crippen MR) is 86.6 cm³/mol. The molecule has 0 fully saturated rings. The Hall–Kier alpha value is -2.36. The standard InChI is InChI=1S/C17H21N3O/c1-13(2)15-16(18-3)19-12-20-17(15)21-11-7-10-14-8-5-4-6-9-14/h4-10,12-13H,11H2,1-3H3,(H,18,19,20)/b10-7+. The average molecular weight is 283 g/mol. The highest BCUT2D eigenvalue weighted by atomic mass is 16.5. The van der Waals surface area contributed by atoms with Crippen LogP contribution in [0.25, 0.3) is 6.08 Å². The van der Waals surface area contributed by atoms with Crippen LogP contribution in [0.4, 0.5) is 5.82 Å². The molecule has 0 radical (unpaired) electrons. The van der Waals surface area contributed by atoms with E-state index < -0.39 is 0 Å². The second-order valence-corrected chi connectivity index (χ2v) is 4.97. The van der Waals surface area contributed by atoms with Crippen LogP contribution in [0.5, 0.6) is 5.88 Å². The molecule has 0 atom stereocenters. The summed E-state index contributed by atoms with van der Waals surface area (Å²) in [4.78, 5) is 8.48. The van der Waals surface area contributed by atoms with Gasteiger partial charge < -0.3 is 10.1 Å². The van der Waals surface area contributed by atoms with Crippen molar-refractivity contribution in [3.63, 3.8) is 0 Å². The molecule has 0 bridgehead atoms. The molecule has 0 aliphatic carbocycles. The van der Waals surface area contributed by atoms with E-state index in [-0.39, 0.29) is 0 Å². The van der Waals surface area contributed by atoms with Gasteiger partial charge in [0.05, 0.1) is 5.56 Å². The topological polar surface area (TPSA) is 47.0 Å². The van der Waals surface area contributed by atoms with Crippen molar-refractivity contribution in [2.24, 2.45) is 0 Å². The van der Waals surface area contributed by atoms with Crippen LogP contribution in [0.1, 0.15) is 30.9 Å². The molecule has 2 rings (SSSR count). The minimum absolute atomic E-state index is 0.293. The molecule has 1 heterocycles. The van der Waals surface area contributed by atoms with Crippen molar-refractivity contribution in [1.29, 1.82) is 0 Å². The minimum atomic E-state index is 0.293. The van der Waals surface area contributed by atoms with Crippen LogP contribution in [-0.2, 0) is 0 Å². The molecule has 1 aromatic carbocycles. The van der Waals surface area contributed by atoms with Crippen molar-refractivity contribution in [3.8, 4) is 5.88 Å². The first-order chi connectivity index (χ1) is 10.2. The highest BCUT2D eigenvalue weighted by Gasteiger charge is 2.14. The van der Waals surface area contributed by atoms with Gasteiger partial charge in [-0.1, -0.05) is 50.3 Å². The summed E-state index contributed by atoms with van der Waals surface area (Å²) in [6.07, 6.45) is 5.55. The summed E-state index contributed by atoms with van der Waals surface area (Å²) in [7, 11) is 1.85. The first-order valence-corrected chi connectivity index (χ1v) is 7.09. The van der Waals surface area contributed by atoms with E-state index in [2.05, 4.69) is 41.3 Å². The summed E-state index contributed by atoms with van der Waals surface area (Å²) in [6.45, 7) is 4.69. The summed E-state index contributed by atoms with van der Waals surface area (Å²) >= 11 is 0. The van der Waals surface area contributed by atoms with E-state index in [0.29, 0.717) is 18.4 Å². The lowest BCUT2D eigenvalue weighted by molar-refractivity contribution is 0.342. The van der Waals surface area contributed by atoms with E-state index in [9.17, 15) is 0 Å². The molecular weight excluding hydrogens is 262 g/mol. The maximum atomic E-state index is 5.78. The lowest BCUT2D eigenvalue weighted by Gasteiger charge is -2.15. The van der Waals surface area contributed by atoms with Gasteiger partial charge in [0, 0.05) is 7.05 Å². The van der Waals surface area contributed by atoms with Crippen molar-refractivity contribution in [1.82, 2.24) is 9.97 Å². The Morgan fingerprint density at radius 1 is 1.19 bits per heavy atom. The van der Waals surface area contributed by atoms with Gasteiger partial charge >= 0.3 is 0 Å². The number of hydrogen-bond acceptors (Lipinski definition) is 4. The van der Waals surface area contributed by atoms with Gasteiger partial charge in [-0.15, -0.1) is 0 Å². The van der Waals surface area contributed by atoms with Gasteiger partial charge in [0.2, 0.25) is 5.88 Å². The molecular formula is C17H21N3O.